The van der Waals surface area contributed by atoms with Crippen LogP contribution >= 0.6 is 0 Å². The van der Waals surface area contributed by atoms with Crippen molar-refractivity contribution in [1.82, 2.24) is 10.2 Å². The summed E-state index contributed by atoms with van der Waals surface area (Å²) >= 11 is 0. The summed E-state index contributed by atoms with van der Waals surface area (Å²) in [5.41, 5.74) is 3.33. The van der Waals surface area contributed by atoms with Crippen LogP contribution in [-0.4, -0.2) is 64.5 Å². The van der Waals surface area contributed by atoms with Gasteiger partial charge in [-0.3, -0.25) is 14.4 Å². The first-order chi connectivity index (χ1) is 22.5. The zero-order valence-electron chi connectivity index (χ0n) is 27.8. The lowest BCUT2D eigenvalue weighted by Gasteiger charge is -2.30. The van der Waals surface area contributed by atoms with Crippen molar-refractivity contribution in [1.29, 1.82) is 0 Å². The van der Waals surface area contributed by atoms with Crippen molar-refractivity contribution in [3.63, 3.8) is 0 Å². The molecular formula is C38H45N3O6. The zero-order chi connectivity index (χ0) is 33.3. The van der Waals surface area contributed by atoms with E-state index in [1.54, 1.807) is 32.6 Å². The van der Waals surface area contributed by atoms with Crippen LogP contribution in [0, 0.1) is 11.3 Å². The zero-order valence-corrected chi connectivity index (χ0v) is 27.8. The summed E-state index contributed by atoms with van der Waals surface area (Å²) in [6.07, 6.45) is 7.75. The fourth-order valence-corrected chi connectivity index (χ4v) is 7.34. The fraction of sp³-hybridized carbons (Fsp3) is 0.500. The van der Waals surface area contributed by atoms with Crippen molar-refractivity contribution < 1.29 is 28.8 Å². The molecule has 0 aromatic heterocycles. The number of alkyl carbamates (subject to hydrolysis) is 1. The van der Waals surface area contributed by atoms with Crippen molar-refractivity contribution in [2.45, 2.75) is 103 Å². The van der Waals surface area contributed by atoms with E-state index in [1.165, 1.54) is 0 Å². The molecule has 2 aliphatic carbocycles. The number of ether oxygens (including phenoxy) is 1. The molecule has 1 saturated heterocycles. The van der Waals surface area contributed by atoms with E-state index in [-0.39, 0.29) is 42.8 Å². The van der Waals surface area contributed by atoms with Crippen LogP contribution < -0.4 is 5.32 Å². The Balaban J connectivity index is 1.29. The largest absolute Gasteiger partial charge is 0.444 e. The van der Waals surface area contributed by atoms with E-state index < -0.39 is 35.3 Å². The molecule has 0 bridgehead atoms. The molecule has 2 aromatic rings. The Morgan fingerprint density at radius 2 is 1.62 bits per heavy atom. The predicted molar refractivity (Wildman–Crippen MR) is 179 cm³/mol. The number of hydrogen-bond donors (Lipinski definition) is 1. The van der Waals surface area contributed by atoms with Gasteiger partial charge in [0, 0.05) is 29.4 Å². The number of amides is 2. The quantitative estimate of drug-likeness (QED) is 0.262. The summed E-state index contributed by atoms with van der Waals surface area (Å²) in [6, 6.07) is 14.4. The Morgan fingerprint density at radius 3 is 2.26 bits per heavy atom. The van der Waals surface area contributed by atoms with Crippen molar-refractivity contribution in [3.05, 3.63) is 71.8 Å². The standard InChI is InChI=1S/C38H45N3O6/c1-24(42)38-21-25(38)14-8-6-5-7-9-19-31(39-36(45)46-37(2,3)4)35(44)41-23-26(20-32(41)33(43)22-38)47-40-34-29-17-12-10-15-27(29)28-16-11-13-18-30(28)34/h8,10-18,25-26,31-32H,5-7,9,19-23H2,1-4H3,(H,39,45)/b14-8-/t25-,26-,31+,32+,38+/m1/s1. The average Bonchev–Trinajstić information content (AvgIpc) is 3.40. The first-order valence-corrected chi connectivity index (χ1v) is 16.9. The highest BCUT2D eigenvalue weighted by Gasteiger charge is 2.58. The van der Waals surface area contributed by atoms with Crippen LogP contribution in [0.3, 0.4) is 0 Å². The average molecular weight is 640 g/mol. The Morgan fingerprint density at radius 1 is 0.957 bits per heavy atom. The minimum absolute atomic E-state index is 0.00271. The summed E-state index contributed by atoms with van der Waals surface area (Å²) in [7, 11) is 0. The molecule has 2 aliphatic heterocycles. The van der Waals surface area contributed by atoms with Crippen LogP contribution in [0.5, 0.6) is 0 Å². The summed E-state index contributed by atoms with van der Waals surface area (Å²) in [5.74, 6) is -0.475. The van der Waals surface area contributed by atoms with Crippen molar-refractivity contribution in [2.24, 2.45) is 16.5 Å². The predicted octanol–water partition coefficient (Wildman–Crippen LogP) is 6.37. The number of nitrogens with zero attached hydrogens (tertiary/aromatic N) is 2. The molecule has 0 spiro atoms. The molecule has 2 aromatic carbocycles. The Labute approximate surface area is 276 Å². The minimum atomic E-state index is -0.866. The number of carbonyl (C=O) groups excluding carboxylic acids is 4. The van der Waals surface area contributed by atoms with Gasteiger partial charge in [-0.2, -0.15) is 0 Å². The second-order valence-electron chi connectivity index (χ2n) is 14.4. The smallest absolute Gasteiger partial charge is 0.408 e. The van der Waals surface area contributed by atoms with Crippen LogP contribution in [0.4, 0.5) is 4.79 Å². The maximum atomic E-state index is 14.3. The van der Waals surface area contributed by atoms with E-state index in [0.717, 1.165) is 47.9 Å². The van der Waals surface area contributed by atoms with Gasteiger partial charge >= 0.3 is 6.09 Å². The third-order valence-corrected chi connectivity index (χ3v) is 9.91. The highest BCUT2D eigenvalue weighted by molar-refractivity contribution is 6.24. The minimum Gasteiger partial charge on any atom is -0.444 e. The molecule has 2 amide bonds. The van der Waals surface area contributed by atoms with Gasteiger partial charge in [0.2, 0.25) is 5.91 Å². The summed E-state index contributed by atoms with van der Waals surface area (Å²) in [4.78, 5) is 61.9. The maximum absolute atomic E-state index is 14.3. The molecule has 1 saturated carbocycles. The van der Waals surface area contributed by atoms with Gasteiger partial charge in [0.1, 0.15) is 29.2 Å². The molecular weight excluding hydrogens is 594 g/mol. The normalized spacial score (nSPS) is 28.1. The highest BCUT2D eigenvalue weighted by atomic mass is 16.6. The molecule has 0 unspecified atom stereocenters. The van der Waals surface area contributed by atoms with Gasteiger partial charge in [0.05, 0.1) is 12.6 Å². The van der Waals surface area contributed by atoms with Gasteiger partial charge in [-0.05, 0) is 70.4 Å². The molecule has 1 N–H and O–H groups in total. The molecule has 4 aliphatic rings. The third kappa shape index (κ3) is 6.90. The monoisotopic (exact) mass is 639 g/mol. The molecule has 2 heterocycles. The summed E-state index contributed by atoms with van der Waals surface area (Å²) < 4.78 is 5.50. The van der Waals surface area contributed by atoms with E-state index in [2.05, 4.69) is 34.8 Å². The number of oxime groups is 1. The van der Waals surface area contributed by atoms with E-state index in [9.17, 15) is 19.2 Å². The molecule has 248 valence electrons. The van der Waals surface area contributed by atoms with Gasteiger partial charge in [-0.25, -0.2) is 4.79 Å². The van der Waals surface area contributed by atoms with Crippen molar-refractivity contribution >= 4 is 29.3 Å². The Kier molecular flexibility index (Phi) is 9.09. The van der Waals surface area contributed by atoms with Gasteiger partial charge in [0.15, 0.2) is 5.78 Å². The number of benzene rings is 2. The fourth-order valence-electron chi connectivity index (χ4n) is 7.34. The van der Waals surface area contributed by atoms with Crippen LogP contribution in [0.25, 0.3) is 11.1 Å². The van der Waals surface area contributed by atoms with Crippen LogP contribution in [-0.2, 0) is 24.0 Å². The van der Waals surface area contributed by atoms with E-state index in [4.69, 9.17) is 9.57 Å². The number of rotatable bonds is 4. The first-order valence-electron chi connectivity index (χ1n) is 16.9. The number of hydrogen-bond acceptors (Lipinski definition) is 7. The van der Waals surface area contributed by atoms with Crippen LogP contribution in [0.1, 0.15) is 90.2 Å². The van der Waals surface area contributed by atoms with Crippen molar-refractivity contribution in [2.75, 3.05) is 6.54 Å². The van der Waals surface area contributed by atoms with Gasteiger partial charge in [-0.15, -0.1) is 0 Å². The number of nitrogens with one attached hydrogen (secondary N) is 1. The van der Waals surface area contributed by atoms with Gasteiger partial charge in [0.25, 0.3) is 0 Å². The maximum Gasteiger partial charge on any atom is 0.408 e. The molecule has 2 fully saturated rings. The highest BCUT2D eigenvalue weighted by Crippen LogP contribution is 2.57. The Bertz CT molecular complexity index is 1580. The molecule has 6 rings (SSSR count). The topological polar surface area (TPSA) is 114 Å². The molecule has 0 radical (unpaired) electrons. The lowest BCUT2D eigenvalue weighted by atomic mass is 9.89. The second-order valence-corrected chi connectivity index (χ2v) is 14.4. The molecule has 9 heteroatoms. The van der Waals surface area contributed by atoms with Gasteiger partial charge < -0.3 is 19.8 Å². The van der Waals surface area contributed by atoms with E-state index >= 15 is 0 Å². The lowest BCUT2D eigenvalue weighted by molar-refractivity contribution is -0.140. The number of ketones is 2. The van der Waals surface area contributed by atoms with Gasteiger partial charge in [-0.1, -0.05) is 78.7 Å². The summed E-state index contributed by atoms with van der Waals surface area (Å²) in [6.45, 7) is 7.02. The lowest BCUT2D eigenvalue weighted by Crippen LogP contribution is -2.52. The van der Waals surface area contributed by atoms with E-state index in [1.807, 2.05) is 36.4 Å². The molecule has 5 atom stereocenters. The number of carbonyl (C=O) groups is 4. The molecule has 9 nitrogen and oxygen atoms in total. The van der Waals surface area contributed by atoms with Crippen LogP contribution in [0.2, 0.25) is 0 Å². The SMILES string of the molecule is CC(=O)[C@]12CC(=O)[C@@H]3C[C@@H](ON=C4c5ccccc5-c5ccccc54)CN3C(=O)[C@@H](NC(=O)OC(C)(C)C)CCCCC/C=C\[C@@H]1C2. The first kappa shape index (κ1) is 32.7. The number of Topliss-reactive ketones (excluding diaryl/α,β-unsaturated/α-hetero) is 2. The molecule has 47 heavy (non-hydrogen) atoms. The van der Waals surface area contributed by atoms with Crippen molar-refractivity contribution in [3.8, 4) is 11.1 Å². The Hall–Kier alpha value is -4.27. The van der Waals surface area contributed by atoms with Crippen LogP contribution in [0.15, 0.2) is 65.8 Å². The summed E-state index contributed by atoms with van der Waals surface area (Å²) in [5, 5.41) is 7.43. The number of allylic oxidation sites excluding steroid dienone is 2. The van der Waals surface area contributed by atoms with E-state index in [0.29, 0.717) is 18.6 Å². The third-order valence-electron chi connectivity index (χ3n) is 9.91. The second kappa shape index (κ2) is 13.1. The number of fused-ring (bicyclic) bond motifs is 5.